The van der Waals surface area contributed by atoms with Crippen molar-refractivity contribution in [1.29, 1.82) is 0 Å². The minimum atomic E-state index is -1.32. The summed E-state index contributed by atoms with van der Waals surface area (Å²) in [6.45, 7) is 5.34. The molecule has 2 atom stereocenters. The Hall–Kier alpha value is -2.21. The van der Waals surface area contributed by atoms with Gasteiger partial charge in [-0.15, -0.1) is 0 Å². The number of aliphatic hydroxyl groups is 2. The third-order valence-electron chi connectivity index (χ3n) is 5.76. The van der Waals surface area contributed by atoms with Crippen LogP contribution in [-0.4, -0.2) is 52.4 Å². The number of nitrogens with one attached hydrogen (secondary N) is 1. The molecule has 150 valence electrons. The molecule has 0 saturated carbocycles. The van der Waals surface area contributed by atoms with Crippen molar-refractivity contribution in [2.45, 2.75) is 44.9 Å². The molecule has 0 aromatic heterocycles. The van der Waals surface area contributed by atoms with Crippen LogP contribution in [0.1, 0.15) is 28.7 Å². The zero-order valence-electron chi connectivity index (χ0n) is 16.7. The number of amides is 1. The van der Waals surface area contributed by atoms with Crippen molar-refractivity contribution in [3.63, 3.8) is 0 Å². The van der Waals surface area contributed by atoms with Gasteiger partial charge in [0.2, 0.25) is 5.91 Å². The molecule has 2 aromatic carbocycles. The van der Waals surface area contributed by atoms with E-state index in [2.05, 4.69) is 31.3 Å². The van der Waals surface area contributed by atoms with Crippen LogP contribution in [-0.2, 0) is 17.8 Å². The summed E-state index contributed by atoms with van der Waals surface area (Å²) in [6.07, 6.45) is 0.0949. The number of benzene rings is 2. The molecule has 3 rings (SSSR count). The van der Waals surface area contributed by atoms with Gasteiger partial charge in [-0.05, 0) is 42.5 Å². The van der Waals surface area contributed by atoms with Crippen LogP contribution in [0, 0.1) is 13.8 Å². The van der Waals surface area contributed by atoms with E-state index in [0.717, 1.165) is 5.56 Å². The van der Waals surface area contributed by atoms with Gasteiger partial charge in [0.05, 0.1) is 6.54 Å². The standard InChI is InChI=1S/C23H30N2O3/c1-17-7-6-10-20(18(17)2)13-24-15-23(28)16-25(14-21(23)26)22(27)12-11-19-8-4-3-5-9-19/h3-10,21,24,26,28H,11-16H2,1-2H3/t21-,23+/m1/s1. The number of hydrogen-bond donors (Lipinski definition) is 3. The lowest BCUT2D eigenvalue weighted by Crippen LogP contribution is -2.50. The highest BCUT2D eigenvalue weighted by molar-refractivity contribution is 5.77. The molecule has 1 fully saturated rings. The Labute approximate surface area is 167 Å². The first-order valence-electron chi connectivity index (χ1n) is 9.87. The van der Waals surface area contributed by atoms with Gasteiger partial charge in [-0.3, -0.25) is 4.79 Å². The highest BCUT2D eigenvalue weighted by atomic mass is 16.3. The van der Waals surface area contributed by atoms with Gasteiger partial charge in [0.25, 0.3) is 0 Å². The molecule has 3 N–H and O–H groups in total. The predicted molar refractivity (Wildman–Crippen MR) is 110 cm³/mol. The molecule has 28 heavy (non-hydrogen) atoms. The van der Waals surface area contributed by atoms with E-state index in [0.29, 0.717) is 19.4 Å². The van der Waals surface area contributed by atoms with Crippen LogP contribution < -0.4 is 5.32 Å². The number of aryl methyl sites for hydroxylation is 2. The number of rotatable bonds is 7. The molecule has 0 radical (unpaired) electrons. The maximum atomic E-state index is 12.5. The van der Waals surface area contributed by atoms with Crippen molar-refractivity contribution in [2.75, 3.05) is 19.6 Å². The van der Waals surface area contributed by atoms with E-state index >= 15 is 0 Å². The summed E-state index contributed by atoms with van der Waals surface area (Å²) in [5.74, 6) is -0.0339. The molecule has 1 saturated heterocycles. The number of hydrogen-bond acceptors (Lipinski definition) is 4. The van der Waals surface area contributed by atoms with Crippen LogP contribution in [0.3, 0.4) is 0 Å². The quantitative estimate of drug-likeness (QED) is 0.685. The molecule has 1 aliphatic heterocycles. The van der Waals surface area contributed by atoms with E-state index in [9.17, 15) is 15.0 Å². The molecule has 0 bridgehead atoms. The maximum Gasteiger partial charge on any atom is 0.223 e. The average molecular weight is 383 g/mol. The summed E-state index contributed by atoms with van der Waals surface area (Å²) in [6, 6.07) is 16.0. The monoisotopic (exact) mass is 382 g/mol. The van der Waals surface area contributed by atoms with Gasteiger partial charge in [-0.1, -0.05) is 48.5 Å². The van der Waals surface area contributed by atoms with Gasteiger partial charge in [0, 0.05) is 26.1 Å². The van der Waals surface area contributed by atoms with Crippen LogP contribution in [0.15, 0.2) is 48.5 Å². The lowest BCUT2D eigenvalue weighted by Gasteiger charge is -2.26. The second kappa shape index (κ2) is 8.86. The van der Waals surface area contributed by atoms with E-state index in [1.54, 1.807) is 4.90 Å². The van der Waals surface area contributed by atoms with Crippen molar-refractivity contribution >= 4 is 5.91 Å². The Morgan fingerprint density at radius 2 is 1.93 bits per heavy atom. The summed E-state index contributed by atoms with van der Waals surface area (Å²) >= 11 is 0. The van der Waals surface area contributed by atoms with Crippen LogP contribution in [0.2, 0.25) is 0 Å². The van der Waals surface area contributed by atoms with Gasteiger partial charge in [-0.2, -0.15) is 0 Å². The van der Waals surface area contributed by atoms with Crippen LogP contribution in [0.5, 0.6) is 0 Å². The number of carbonyl (C=O) groups is 1. The number of carbonyl (C=O) groups excluding carboxylic acids is 1. The highest BCUT2D eigenvalue weighted by Gasteiger charge is 2.45. The molecular weight excluding hydrogens is 352 g/mol. The van der Waals surface area contributed by atoms with E-state index in [-0.39, 0.29) is 25.5 Å². The zero-order valence-corrected chi connectivity index (χ0v) is 16.7. The third-order valence-corrected chi connectivity index (χ3v) is 5.76. The minimum absolute atomic E-state index is 0.0339. The molecule has 0 spiro atoms. The summed E-state index contributed by atoms with van der Waals surface area (Å²) in [7, 11) is 0. The number of aliphatic hydroxyl groups excluding tert-OH is 1. The third kappa shape index (κ3) is 4.79. The molecule has 5 nitrogen and oxygen atoms in total. The Morgan fingerprint density at radius 3 is 2.68 bits per heavy atom. The topological polar surface area (TPSA) is 72.8 Å². The Bertz CT molecular complexity index is 809. The predicted octanol–water partition coefficient (Wildman–Crippen LogP) is 1.96. The second-order valence-corrected chi connectivity index (χ2v) is 7.84. The maximum absolute atomic E-state index is 12.5. The lowest BCUT2D eigenvalue weighted by atomic mass is 9.99. The van der Waals surface area contributed by atoms with Crippen molar-refractivity contribution in [3.05, 3.63) is 70.8 Å². The molecule has 1 heterocycles. The van der Waals surface area contributed by atoms with E-state index < -0.39 is 11.7 Å². The van der Waals surface area contributed by atoms with E-state index in [1.165, 1.54) is 16.7 Å². The molecule has 2 aromatic rings. The zero-order chi connectivity index (χ0) is 20.1. The first-order valence-corrected chi connectivity index (χ1v) is 9.87. The summed E-state index contributed by atoms with van der Waals surface area (Å²) in [4.78, 5) is 14.1. The molecular formula is C23H30N2O3. The molecule has 0 aliphatic carbocycles. The fourth-order valence-electron chi connectivity index (χ4n) is 3.71. The number of β-amino-alcohol motifs (C(OH)–C–C–N with tert-alkyl or cyclic N) is 2. The van der Waals surface area contributed by atoms with Crippen LogP contribution in [0.25, 0.3) is 0 Å². The normalized spacial score (nSPS) is 21.9. The van der Waals surface area contributed by atoms with E-state index in [4.69, 9.17) is 0 Å². The number of likely N-dealkylation sites (tertiary alicyclic amines) is 1. The van der Waals surface area contributed by atoms with Crippen molar-refractivity contribution in [2.24, 2.45) is 0 Å². The van der Waals surface area contributed by atoms with Gasteiger partial charge in [0.1, 0.15) is 11.7 Å². The van der Waals surface area contributed by atoms with Gasteiger partial charge in [0.15, 0.2) is 0 Å². The van der Waals surface area contributed by atoms with Gasteiger partial charge in [-0.25, -0.2) is 0 Å². The SMILES string of the molecule is Cc1cccc(CNC[C@]2(O)CN(C(=O)CCc3ccccc3)C[C@H]2O)c1C. The second-order valence-electron chi connectivity index (χ2n) is 7.84. The van der Waals surface area contributed by atoms with Crippen LogP contribution >= 0.6 is 0 Å². The molecule has 1 aliphatic rings. The first kappa shape index (κ1) is 20.5. The fraction of sp³-hybridized carbons (Fsp3) is 0.435. The largest absolute Gasteiger partial charge is 0.388 e. The first-order chi connectivity index (χ1) is 13.4. The van der Waals surface area contributed by atoms with E-state index in [1.807, 2.05) is 36.4 Å². The van der Waals surface area contributed by atoms with Crippen LogP contribution in [0.4, 0.5) is 0 Å². The fourth-order valence-corrected chi connectivity index (χ4v) is 3.71. The van der Waals surface area contributed by atoms with Gasteiger partial charge < -0.3 is 20.4 Å². The number of nitrogens with zero attached hydrogens (tertiary/aromatic N) is 1. The highest BCUT2D eigenvalue weighted by Crippen LogP contribution is 2.23. The lowest BCUT2D eigenvalue weighted by molar-refractivity contribution is -0.131. The summed E-state index contributed by atoms with van der Waals surface area (Å²) in [5, 5.41) is 24.5. The smallest absolute Gasteiger partial charge is 0.223 e. The molecule has 5 heteroatoms. The molecule has 1 amide bonds. The summed E-state index contributed by atoms with van der Waals surface area (Å²) < 4.78 is 0. The molecule has 0 unspecified atom stereocenters. The van der Waals surface area contributed by atoms with Crippen molar-refractivity contribution in [3.8, 4) is 0 Å². The average Bonchev–Trinajstić information content (AvgIpc) is 2.99. The summed E-state index contributed by atoms with van der Waals surface area (Å²) in [5.41, 5.74) is 3.42. The minimum Gasteiger partial charge on any atom is -0.388 e. The van der Waals surface area contributed by atoms with Crippen molar-refractivity contribution in [1.82, 2.24) is 10.2 Å². The van der Waals surface area contributed by atoms with Gasteiger partial charge >= 0.3 is 0 Å². The Kier molecular flexibility index (Phi) is 6.50. The Balaban J connectivity index is 1.51. The Morgan fingerprint density at radius 1 is 1.18 bits per heavy atom. The van der Waals surface area contributed by atoms with Crippen molar-refractivity contribution < 1.29 is 15.0 Å².